The van der Waals surface area contributed by atoms with E-state index in [-0.39, 0.29) is 0 Å². The van der Waals surface area contributed by atoms with Gasteiger partial charge in [-0.25, -0.2) is 4.78 Å². The van der Waals surface area contributed by atoms with E-state index in [9.17, 15) is 0 Å². The molecule has 0 saturated carbocycles. The minimum absolute atomic E-state index is 0.647. The van der Waals surface area contributed by atoms with Crippen molar-refractivity contribution in [2.24, 2.45) is 5.10 Å². The Hall–Kier alpha value is -2.62. The Morgan fingerprint density at radius 3 is 1.65 bits per heavy atom. The van der Waals surface area contributed by atoms with Crippen molar-refractivity contribution in [1.82, 2.24) is 4.78 Å². The lowest BCUT2D eigenvalue weighted by Crippen LogP contribution is -2.17. The molecule has 0 N–H and O–H groups in total. The fraction of sp³-hybridized carbons (Fsp3) is 0.0500. The average Bonchev–Trinajstić information content (AvgIpc) is 2.68. The van der Waals surface area contributed by atoms with Crippen molar-refractivity contribution >= 4 is 24.7 Å². The summed E-state index contributed by atoms with van der Waals surface area (Å²) in [5.74, 6) is 1.29. The molecular weight excluding hydrogens is 363 g/mol. The van der Waals surface area contributed by atoms with Crippen LogP contribution in [0, 0.1) is 0 Å². The van der Waals surface area contributed by atoms with Crippen LogP contribution in [-0.4, -0.2) is 18.0 Å². The minimum atomic E-state index is -2.92. The summed E-state index contributed by atoms with van der Waals surface area (Å²) in [6.45, 7) is -2.92. The van der Waals surface area contributed by atoms with E-state index in [1.807, 2.05) is 91.0 Å². The molecule has 3 aromatic carbocycles. The Bertz CT molecular complexity index is 844. The molecule has 3 rings (SSSR count). The maximum atomic E-state index is 6.07. The summed E-state index contributed by atoms with van der Waals surface area (Å²) in [7, 11) is 1.77. The highest BCUT2D eigenvalue weighted by atomic mass is 32.5. The topological polar surface area (TPSA) is 34.1 Å². The molecule has 4 nitrogen and oxygen atoms in total. The molecule has 132 valence electrons. The Labute approximate surface area is 158 Å². The Morgan fingerprint density at radius 1 is 0.769 bits per heavy atom. The van der Waals surface area contributed by atoms with Crippen LogP contribution in [0.3, 0.4) is 0 Å². The van der Waals surface area contributed by atoms with Gasteiger partial charge >= 0.3 is 6.64 Å². The largest absolute Gasteiger partial charge is 0.420 e. The second-order valence-electron chi connectivity index (χ2n) is 5.42. The molecule has 0 fully saturated rings. The van der Waals surface area contributed by atoms with Gasteiger partial charge in [0.05, 0.1) is 6.21 Å². The van der Waals surface area contributed by atoms with E-state index in [0.717, 1.165) is 5.56 Å². The van der Waals surface area contributed by atoms with E-state index < -0.39 is 6.64 Å². The predicted molar refractivity (Wildman–Crippen MR) is 110 cm³/mol. The van der Waals surface area contributed by atoms with Gasteiger partial charge in [0.25, 0.3) is 0 Å². The van der Waals surface area contributed by atoms with E-state index in [1.54, 1.807) is 18.0 Å². The first-order valence-corrected chi connectivity index (χ1v) is 10.7. The van der Waals surface area contributed by atoms with Crippen LogP contribution in [0.1, 0.15) is 5.56 Å². The quantitative estimate of drug-likeness (QED) is 0.314. The minimum Gasteiger partial charge on any atom is -0.420 e. The Balaban J connectivity index is 1.86. The number of benzene rings is 3. The number of nitrogens with zero attached hydrogens (tertiary/aromatic N) is 2. The smallest absolute Gasteiger partial charge is 0.410 e. The third-order valence-electron chi connectivity index (χ3n) is 3.46. The highest BCUT2D eigenvalue weighted by Crippen LogP contribution is 2.51. The van der Waals surface area contributed by atoms with E-state index in [1.165, 1.54) is 0 Å². The van der Waals surface area contributed by atoms with E-state index >= 15 is 0 Å². The normalized spacial score (nSPS) is 11.3. The molecule has 0 aromatic heterocycles. The van der Waals surface area contributed by atoms with Crippen LogP contribution in [-0.2, 0) is 11.8 Å². The van der Waals surface area contributed by atoms with Gasteiger partial charge in [0.2, 0.25) is 0 Å². The standard InChI is InChI=1S/C20H19N2O2PS/c1-22(21-17-18-11-5-2-6-12-18)25(26,23-19-13-7-3-8-14-19)24-20-15-9-4-10-16-20/h2-17H,1H3/b21-17+. The lowest BCUT2D eigenvalue weighted by molar-refractivity contribution is 0.396. The Morgan fingerprint density at radius 2 is 1.19 bits per heavy atom. The van der Waals surface area contributed by atoms with Gasteiger partial charge in [-0.15, -0.1) is 0 Å². The third-order valence-corrected chi connectivity index (χ3v) is 6.31. The van der Waals surface area contributed by atoms with Crippen LogP contribution < -0.4 is 9.05 Å². The zero-order valence-electron chi connectivity index (χ0n) is 14.3. The molecule has 0 radical (unpaired) electrons. The second-order valence-corrected chi connectivity index (χ2v) is 8.69. The van der Waals surface area contributed by atoms with Gasteiger partial charge in [-0.3, -0.25) is 0 Å². The summed E-state index contributed by atoms with van der Waals surface area (Å²) < 4.78 is 13.7. The number of hydrogen-bond donors (Lipinski definition) is 0. The molecule has 0 amide bonds. The fourth-order valence-electron chi connectivity index (χ4n) is 2.12. The number of rotatable bonds is 7. The maximum absolute atomic E-state index is 6.07. The summed E-state index contributed by atoms with van der Waals surface area (Å²) >= 11 is 5.78. The highest BCUT2D eigenvalue weighted by Gasteiger charge is 2.28. The molecule has 0 unspecified atom stereocenters. The van der Waals surface area contributed by atoms with E-state index in [2.05, 4.69) is 5.10 Å². The summed E-state index contributed by atoms with van der Waals surface area (Å²) in [5.41, 5.74) is 0.973. The summed E-state index contributed by atoms with van der Waals surface area (Å²) in [6.07, 6.45) is 1.74. The maximum Gasteiger partial charge on any atom is 0.410 e. The zero-order chi connectivity index (χ0) is 18.2. The zero-order valence-corrected chi connectivity index (χ0v) is 16.0. The van der Waals surface area contributed by atoms with Crippen LogP contribution in [0.5, 0.6) is 11.5 Å². The lowest BCUT2D eigenvalue weighted by Gasteiger charge is -2.28. The third kappa shape index (κ3) is 4.94. The summed E-state index contributed by atoms with van der Waals surface area (Å²) in [6, 6.07) is 28.6. The lowest BCUT2D eigenvalue weighted by atomic mass is 10.2. The number of para-hydroxylation sites is 2. The van der Waals surface area contributed by atoms with Crippen LogP contribution in [0.25, 0.3) is 0 Å². The number of hydrazone groups is 1. The highest BCUT2D eigenvalue weighted by molar-refractivity contribution is 8.09. The molecule has 0 aliphatic carbocycles. The molecule has 0 heterocycles. The molecule has 0 bridgehead atoms. The van der Waals surface area contributed by atoms with Crippen LogP contribution in [0.4, 0.5) is 0 Å². The van der Waals surface area contributed by atoms with Gasteiger partial charge in [0.15, 0.2) is 0 Å². The van der Waals surface area contributed by atoms with Crippen molar-refractivity contribution < 1.29 is 9.05 Å². The van der Waals surface area contributed by atoms with Crippen molar-refractivity contribution in [3.63, 3.8) is 0 Å². The summed E-state index contributed by atoms with van der Waals surface area (Å²) in [4.78, 5) is 0. The first-order chi connectivity index (χ1) is 12.7. The van der Waals surface area contributed by atoms with Crippen molar-refractivity contribution in [3.05, 3.63) is 96.6 Å². The molecule has 6 heteroatoms. The SMILES string of the molecule is CN(/N=C/c1ccccc1)P(=S)(Oc1ccccc1)Oc1ccccc1. The van der Waals surface area contributed by atoms with Crippen LogP contribution in [0.15, 0.2) is 96.1 Å². The molecular formula is C20H19N2O2PS. The Kier molecular flexibility index (Phi) is 6.05. The predicted octanol–water partition coefficient (Wildman–Crippen LogP) is 5.33. The van der Waals surface area contributed by atoms with Crippen molar-refractivity contribution in [3.8, 4) is 11.5 Å². The fourth-order valence-corrected chi connectivity index (χ4v) is 3.99. The monoisotopic (exact) mass is 382 g/mol. The van der Waals surface area contributed by atoms with Crippen molar-refractivity contribution in [2.45, 2.75) is 0 Å². The average molecular weight is 382 g/mol. The molecule has 3 aromatic rings. The van der Waals surface area contributed by atoms with Gasteiger partial charge in [-0.05, 0) is 29.8 Å². The molecule has 0 saturated heterocycles. The molecule has 26 heavy (non-hydrogen) atoms. The number of hydrogen-bond acceptors (Lipinski definition) is 4. The van der Waals surface area contributed by atoms with E-state index in [0.29, 0.717) is 11.5 Å². The van der Waals surface area contributed by atoms with Crippen molar-refractivity contribution in [1.29, 1.82) is 0 Å². The molecule has 0 spiro atoms. The van der Waals surface area contributed by atoms with Gasteiger partial charge in [-0.1, -0.05) is 66.7 Å². The van der Waals surface area contributed by atoms with Gasteiger partial charge in [0, 0.05) is 18.9 Å². The first kappa shape index (κ1) is 18.2. The summed E-state index contributed by atoms with van der Waals surface area (Å²) in [5, 5.41) is 4.46. The second kappa shape index (κ2) is 8.65. The van der Waals surface area contributed by atoms with Crippen LogP contribution >= 0.6 is 6.64 Å². The van der Waals surface area contributed by atoms with Crippen molar-refractivity contribution in [2.75, 3.05) is 7.05 Å². The first-order valence-electron chi connectivity index (χ1n) is 8.08. The van der Waals surface area contributed by atoms with E-state index in [4.69, 9.17) is 20.9 Å². The van der Waals surface area contributed by atoms with Gasteiger partial charge in [-0.2, -0.15) is 5.10 Å². The molecule has 0 atom stereocenters. The molecule has 0 aliphatic rings. The molecule has 0 aliphatic heterocycles. The van der Waals surface area contributed by atoms with Gasteiger partial charge in [0.1, 0.15) is 11.5 Å². The van der Waals surface area contributed by atoms with Crippen LogP contribution in [0.2, 0.25) is 0 Å². The van der Waals surface area contributed by atoms with Gasteiger partial charge < -0.3 is 9.05 Å².